The highest BCUT2D eigenvalue weighted by Crippen LogP contribution is 2.42. The lowest BCUT2D eigenvalue weighted by Gasteiger charge is -2.31. The normalized spacial score (nSPS) is 25.6. The number of hydrogen-bond donors (Lipinski definition) is 0. The van der Waals surface area contributed by atoms with Crippen molar-refractivity contribution in [2.24, 2.45) is 4.99 Å². The second-order valence-corrected chi connectivity index (χ2v) is 10.4. The molecule has 3 fully saturated rings. The van der Waals surface area contributed by atoms with Crippen LogP contribution in [0.1, 0.15) is 69.8 Å². The van der Waals surface area contributed by atoms with Crippen molar-refractivity contribution in [3.8, 4) is 11.5 Å². The van der Waals surface area contributed by atoms with E-state index in [9.17, 15) is 4.79 Å². The first-order valence-electron chi connectivity index (χ1n) is 11.1. The van der Waals surface area contributed by atoms with Crippen molar-refractivity contribution in [3.05, 3.63) is 27.1 Å². The van der Waals surface area contributed by atoms with E-state index in [2.05, 4.69) is 15.9 Å². The van der Waals surface area contributed by atoms with Gasteiger partial charge in [-0.25, -0.2) is 0 Å². The lowest BCUT2D eigenvalue weighted by atomic mass is 9.94. The molecule has 0 aromatic heterocycles. The van der Waals surface area contributed by atoms with Crippen LogP contribution in [0.3, 0.4) is 0 Å². The van der Waals surface area contributed by atoms with Crippen molar-refractivity contribution < 1.29 is 14.3 Å². The highest BCUT2D eigenvalue weighted by molar-refractivity contribution is 9.10. The van der Waals surface area contributed by atoms with Gasteiger partial charge in [0.1, 0.15) is 0 Å². The van der Waals surface area contributed by atoms with Gasteiger partial charge >= 0.3 is 0 Å². The molecule has 0 radical (unpaired) electrons. The Morgan fingerprint density at radius 2 is 1.67 bits per heavy atom. The number of fused-ring (bicyclic) bond motifs is 1. The van der Waals surface area contributed by atoms with Crippen molar-refractivity contribution in [1.82, 2.24) is 4.90 Å². The van der Waals surface area contributed by atoms with E-state index in [1.807, 2.05) is 23.1 Å². The molecule has 0 N–H and O–H groups in total. The molecular weight excluding hydrogens is 464 g/mol. The van der Waals surface area contributed by atoms with Gasteiger partial charge in [-0.15, -0.1) is 0 Å². The number of carbonyl (C=O) groups excluding carboxylic acids is 1. The molecule has 0 unspecified atom stereocenters. The molecule has 1 aromatic rings. The van der Waals surface area contributed by atoms with Crippen LogP contribution in [-0.2, 0) is 4.79 Å². The fourth-order valence-electron chi connectivity index (χ4n) is 4.79. The fourth-order valence-corrected chi connectivity index (χ4v) is 6.33. The molecule has 2 heterocycles. The lowest BCUT2D eigenvalue weighted by Crippen LogP contribution is -2.41. The Balaban J connectivity index is 1.46. The van der Waals surface area contributed by atoms with Crippen LogP contribution in [0.4, 0.5) is 0 Å². The van der Waals surface area contributed by atoms with Crippen LogP contribution in [0.5, 0.6) is 11.5 Å². The number of rotatable bonds is 3. The zero-order chi connectivity index (χ0) is 20.5. The van der Waals surface area contributed by atoms with Gasteiger partial charge in [0.25, 0.3) is 5.91 Å². The van der Waals surface area contributed by atoms with E-state index in [1.54, 1.807) is 11.8 Å². The third kappa shape index (κ3) is 4.15. The van der Waals surface area contributed by atoms with Crippen LogP contribution in [0.15, 0.2) is 26.5 Å². The van der Waals surface area contributed by atoms with Crippen LogP contribution in [0.25, 0.3) is 6.08 Å². The van der Waals surface area contributed by atoms with Gasteiger partial charge in [-0.1, -0.05) is 54.5 Å². The number of amidine groups is 1. The molecule has 160 valence electrons. The molecule has 2 aliphatic carbocycles. The van der Waals surface area contributed by atoms with E-state index < -0.39 is 0 Å². The second kappa shape index (κ2) is 8.95. The first-order chi connectivity index (χ1) is 14.7. The van der Waals surface area contributed by atoms with E-state index >= 15 is 0 Å². The number of carbonyl (C=O) groups is 1. The van der Waals surface area contributed by atoms with Crippen LogP contribution < -0.4 is 9.47 Å². The summed E-state index contributed by atoms with van der Waals surface area (Å²) in [6.07, 6.45) is 13.9. The van der Waals surface area contributed by atoms with Crippen LogP contribution in [0.2, 0.25) is 0 Å². The Morgan fingerprint density at radius 3 is 2.40 bits per heavy atom. The summed E-state index contributed by atoms with van der Waals surface area (Å²) in [6.45, 7) is 0.239. The second-order valence-electron chi connectivity index (χ2n) is 8.51. The van der Waals surface area contributed by atoms with E-state index in [1.165, 1.54) is 38.5 Å². The average Bonchev–Trinajstić information content (AvgIpc) is 3.33. The van der Waals surface area contributed by atoms with Gasteiger partial charge in [0.05, 0.1) is 10.9 Å². The number of amides is 1. The number of hydrogen-bond acceptors (Lipinski definition) is 5. The van der Waals surface area contributed by atoms with Crippen molar-refractivity contribution in [1.29, 1.82) is 0 Å². The number of benzene rings is 1. The molecule has 2 saturated carbocycles. The average molecular weight is 491 g/mol. The summed E-state index contributed by atoms with van der Waals surface area (Å²) in [5.41, 5.74) is 0.928. The lowest BCUT2D eigenvalue weighted by molar-refractivity contribution is -0.124. The van der Waals surface area contributed by atoms with Gasteiger partial charge in [0.2, 0.25) is 6.79 Å². The molecule has 1 saturated heterocycles. The molecule has 0 spiro atoms. The molecule has 1 aromatic carbocycles. The quantitative estimate of drug-likeness (QED) is 0.479. The first-order valence-corrected chi connectivity index (χ1v) is 12.7. The zero-order valence-electron chi connectivity index (χ0n) is 17.1. The summed E-state index contributed by atoms with van der Waals surface area (Å²) in [5, 5.41) is 0.918. The summed E-state index contributed by atoms with van der Waals surface area (Å²) in [7, 11) is 0. The van der Waals surface area contributed by atoms with E-state index in [4.69, 9.17) is 14.5 Å². The number of thioether (sulfide) groups is 1. The van der Waals surface area contributed by atoms with E-state index in [-0.39, 0.29) is 18.7 Å². The number of aliphatic imine (C=N–C) groups is 1. The third-order valence-corrected chi connectivity index (χ3v) is 8.11. The Bertz CT molecular complexity index is 889. The van der Waals surface area contributed by atoms with Crippen LogP contribution in [0, 0.1) is 0 Å². The van der Waals surface area contributed by atoms with Gasteiger partial charge in [-0.3, -0.25) is 14.7 Å². The van der Waals surface area contributed by atoms with Crippen LogP contribution >= 0.6 is 27.7 Å². The third-order valence-electron chi connectivity index (χ3n) is 6.42. The van der Waals surface area contributed by atoms with E-state index in [0.717, 1.165) is 57.3 Å². The van der Waals surface area contributed by atoms with Gasteiger partial charge in [-0.05, 0) is 61.2 Å². The largest absolute Gasteiger partial charge is 0.454 e. The summed E-state index contributed by atoms with van der Waals surface area (Å²) >= 11 is 5.16. The summed E-state index contributed by atoms with van der Waals surface area (Å²) < 4.78 is 11.9. The topological polar surface area (TPSA) is 51.1 Å². The summed E-state index contributed by atoms with van der Waals surface area (Å²) in [5.74, 6) is 1.56. The minimum atomic E-state index is 0.103. The predicted molar refractivity (Wildman–Crippen MR) is 124 cm³/mol. The highest BCUT2D eigenvalue weighted by atomic mass is 79.9. The summed E-state index contributed by atoms with van der Waals surface area (Å²) in [6, 6.07) is 4.49. The van der Waals surface area contributed by atoms with Crippen LogP contribution in [-0.4, -0.2) is 34.9 Å². The Labute approximate surface area is 190 Å². The number of nitrogens with zero attached hydrogens (tertiary/aromatic N) is 2. The van der Waals surface area contributed by atoms with Gasteiger partial charge in [-0.2, -0.15) is 0 Å². The first kappa shape index (κ1) is 20.4. The standard InChI is InChI=1S/C23H27BrN2O3S/c24-18-13-20-19(28-14-29-20)11-15(18)12-21-22(27)26(17-9-5-2-6-10-17)23(30-21)25-16-7-3-1-4-8-16/h11-13,16-17H,1-10,14H2. The number of halogens is 1. The van der Waals surface area contributed by atoms with E-state index in [0.29, 0.717) is 6.04 Å². The minimum absolute atomic E-state index is 0.103. The SMILES string of the molecule is O=C1C(=Cc2cc3c(cc2Br)OCO3)SC(=NC2CCCCC2)N1C1CCCCC1. The maximum atomic E-state index is 13.5. The molecule has 7 heteroatoms. The maximum absolute atomic E-state index is 13.5. The molecule has 0 bridgehead atoms. The molecule has 4 aliphatic rings. The predicted octanol–water partition coefficient (Wildman–Crippen LogP) is 6.12. The van der Waals surface area contributed by atoms with Crippen molar-refractivity contribution in [2.75, 3.05) is 6.79 Å². The van der Waals surface area contributed by atoms with Gasteiger partial charge < -0.3 is 9.47 Å². The monoisotopic (exact) mass is 490 g/mol. The van der Waals surface area contributed by atoms with Gasteiger partial charge in [0, 0.05) is 10.5 Å². The van der Waals surface area contributed by atoms with Crippen molar-refractivity contribution in [2.45, 2.75) is 76.3 Å². The molecule has 0 atom stereocenters. The molecule has 1 amide bonds. The molecule has 5 rings (SSSR count). The Morgan fingerprint density at radius 1 is 1.00 bits per heavy atom. The molecule has 2 aliphatic heterocycles. The number of ether oxygens (including phenoxy) is 2. The minimum Gasteiger partial charge on any atom is -0.454 e. The molecular formula is C23H27BrN2O3S. The zero-order valence-corrected chi connectivity index (χ0v) is 19.5. The molecule has 5 nitrogen and oxygen atoms in total. The maximum Gasteiger partial charge on any atom is 0.267 e. The molecule has 30 heavy (non-hydrogen) atoms. The van der Waals surface area contributed by atoms with Gasteiger partial charge in [0.15, 0.2) is 16.7 Å². The highest BCUT2D eigenvalue weighted by Gasteiger charge is 2.39. The smallest absolute Gasteiger partial charge is 0.267 e. The Hall–Kier alpha value is -1.47. The Kier molecular flexibility index (Phi) is 6.10. The fraction of sp³-hybridized carbons (Fsp3) is 0.565. The van der Waals surface area contributed by atoms with Crippen molar-refractivity contribution in [3.63, 3.8) is 0 Å². The van der Waals surface area contributed by atoms with Crippen molar-refractivity contribution >= 4 is 44.8 Å². The summed E-state index contributed by atoms with van der Waals surface area (Å²) in [4.78, 5) is 21.4.